The molecule has 5 nitrogen and oxygen atoms in total. The summed E-state index contributed by atoms with van der Waals surface area (Å²) in [5.41, 5.74) is -5.60. The van der Waals surface area contributed by atoms with Crippen LogP contribution >= 0.6 is 0 Å². The minimum absolute atomic E-state index is 0.0266. The summed E-state index contributed by atoms with van der Waals surface area (Å²) in [6.45, 7) is -0.167. The van der Waals surface area contributed by atoms with Gasteiger partial charge in [-0.3, -0.25) is 0 Å². The number of alkyl halides is 3. The van der Waals surface area contributed by atoms with Gasteiger partial charge in [0.1, 0.15) is 0 Å². The molecule has 1 aromatic carbocycles. The van der Waals surface area contributed by atoms with Gasteiger partial charge in [-0.05, 0) is 12.1 Å². The molecule has 1 unspecified atom stereocenters. The molecule has 114 valence electrons. The quantitative estimate of drug-likeness (QED) is 0.830. The highest BCUT2D eigenvalue weighted by Crippen LogP contribution is 2.34. The smallest absolute Gasteiger partial charge is 0.389 e. The molecule has 0 bridgehead atoms. The molecule has 0 fully saturated rings. The Kier molecular flexibility index (Phi) is 5.37. The number of ether oxygens (including phenoxy) is 1. The minimum atomic E-state index is -5.44. The maximum absolute atomic E-state index is 12.5. The Morgan fingerprint density at radius 2 is 1.95 bits per heavy atom. The van der Waals surface area contributed by atoms with Crippen LogP contribution < -0.4 is 5.32 Å². The fraction of sp³-hybridized carbons (Fsp3) is 0.455. The van der Waals surface area contributed by atoms with Crippen molar-refractivity contribution in [2.24, 2.45) is 0 Å². The largest absolute Gasteiger partial charge is 0.501 e. The van der Waals surface area contributed by atoms with Crippen LogP contribution in [0.5, 0.6) is 0 Å². The number of anilines is 1. The second kappa shape index (κ2) is 6.42. The lowest BCUT2D eigenvalue weighted by Gasteiger charge is -2.16. The third-order valence-corrected chi connectivity index (χ3v) is 3.91. The van der Waals surface area contributed by atoms with E-state index in [1.165, 1.54) is 25.3 Å². The van der Waals surface area contributed by atoms with E-state index in [4.69, 9.17) is 0 Å². The summed E-state index contributed by atoms with van der Waals surface area (Å²) in [6, 6.07) is 4.63. The van der Waals surface area contributed by atoms with Crippen LogP contribution in [-0.4, -0.2) is 45.4 Å². The molecule has 2 N–H and O–H groups in total. The first-order chi connectivity index (χ1) is 9.20. The maximum Gasteiger partial charge on any atom is 0.501 e. The second-order valence-electron chi connectivity index (χ2n) is 3.94. The van der Waals surface area contributed by atoms with Crippen LogP contribution in [0.2, 0.25) is 0 Å². The van der Waals surface area contributed by atoms with Gasteiger partial charge >= 0.3 is 5.51 Å². The van der Waals surface area contributed by atoms with E-state index in [1.807, 2.05) is 0 Å². The number of aliphatic hydroxyl groups excluding tert-OH is 1. The van der Waals surface area contributed by atoms with Crippen molar-refractivity contribution in [3.63, 3.8) is 0 Å². The van der Waals surface area contributed by atoms with E-state index in [2.05, 4.69) is 10.1 Å². The van der Waals surface area contributed by atoms with Gasteiger partial charge in [-0.1, -0.05) is 12.1 Å². The number of sulfone groups is 1. The molecule has 0 aromatic heterocycles. The molecular formula is C11H14F3NO4S. The Bertz CT molecular complexity index is 545. The van der Waals surface area contributed by atoms with Crippen LogP contribution in [-0.2, 0) is 14.6 Å². The molecular weight excluding hydrogens is 299 g/mol. The van der Waals surface area contributed by atoms with Gasteiger partial charge in [0.15, 0.2) is 0 Å². The number of aliphatic hydroxyl groups is 1. The Labute approximate surface area is 114 Å². The topological polar surface area (TPSA) is 75.6 Å². The average Bonchev–Trinajstić information content (AvgIpc) is 2.35. The van der Waals surface area contributed by atoms with Gasteiger partial charge in [-0.25, -0.2) is 8.42 Å². The lowest BCUT2D eigenvalue weighted by atomic mass is 10.3. The Morgan fingerprint density at radius 3 is 2.50 bits per heavy atom. The Hall–Kier alpha value is -1.32. The Balaban J connectivity index is 3.01. The summed E-state index contributed by atoms with van der Waals surface area (Å²) >= 11 is 0. The van der Waals surface area contributed by atoms with Crippen molar-refractivity contribution in [1.29, 1.82) is 0 Å². The molecule has 9 heteroatoms. The third kappa shape index (κ3) is 3.84. The molecule has 0 aliphatic heterocycles. The highest BCUT2D eigenvalue weighted by molar-refractivity contribution is 7.92. The van der Waals surface area contributed by atoms with E-state index in [-0.39, 0.29) is 18.8 Å². The van der Waals surface area contributed by atoms with E-state index < -0.39 is 26.3 Å². The average molecular weight is 313 g/mol. The molecule has 1 aromatic rings. The summed E-state index contributed by atoms with van der Waals surface area (Å²) in [7, 11) is -4.09. The predicted octanol–water partition coefficient (Wildman–Crippen LogP) is 1.40. The van der Waals surface area contributed by atoms with E-state index >= 15 is 0 Å². The van der Waals surface area contributed by atoms with E-state index in [1.54, 1.807) is 0 Å². The van der Waals surface area contributed by atoms with Gasteiger partial charge < -0.3 is 15.2 Å². The number of methoxy groups -OCH3 is 1. The second-order valence-corrected chi connectivity index (χ2v) is 5.85. The number of benzene rings is 1. The molecule has 1 atom stereocenters. The van der Waals surface area contributed by atoms with Crippen molar-refractivity contribution in [2.45, 2.75) is 16.5 Å². The van der Waals surface area contributed by atoms with Crippen LogP contribution in [0.15, 0.2) is 29.2 Å². The van der Waals surface area contributed by atoms with Gasteiger partial charge in [0.05, 0.1) is 23.3 Å². The van der Waals surface area contributed by atoms with Crippen LogP contribution in [0.1, 0.15) is 0 Å². The first-order valence-corrected chi connectivity index (χ1v) is 6.99. The van der Waals surface area contributed by atoms with Crippen LogP contribution in [0.3, 0.4) is 0 Å². The number of hydrogen-bond acceptors (Lipinski definition) is 5. The minimum Gasteiger partial charge on any atom is -0.389 e. The molecule has 1 rings (SSSR count). The fourth-order valence-corrected chi connectivity index (χ4v) is 2.39. The molecule has 0 amide bonds. The van der Waals surface area contributed by atoms with Gasteiger partial charge in [-0.2, -0.15) is 13.2 Å². The molecule has 0 saturated carbocycles. The highest BCUT2D eigenvalue weighted by atomic mass is 32.2. The normalized spacial score (nSPS) is 14.1. The molecule has 20 heavy (non-hydrogen) atoms. The van der Waals surface area contributed by atoms with Crippen LogP contribution in [0.25, 0.3) is 0 Å². The fourth-order valence-electron chi connectivity index (χ4n) is 1.45. The van der Waals surface area contributed by atoms with E-state index in [9.17, 15) is 26.7 Å². The number of halogens is 3. The molecule has 0 aliphatic rings. The monoisotopic (exact) mass is 313 g/mol. The number of nitrogens with one attached hydrogen (secondary N) is 1. The Morgan fingerprint density at radius 1 is 1.35 bits per heavy atom. The molecule has 0 saturated heterocycles. The summed E-state index contributed by atoms with van der Waals surface area (Å²) in [6.07, 6.45) is -0.971. The van der Waals surface area contributed by atoms with Crippen molar-refractivity contribution in [3.05, 3.63) is 24.3 Å². The van der Waals surface area contributed by atoms with E-state index in [0.717, 1.165) is 6.07 Å². The van der Waals surface area contributed by atoms with Crippen LogP contribution in [0.4, 0.5) is 18.9 Å². The lowest BCUT2D eigenvalue weighted by Crippen LogP contribution is -2.27. The number of rotatable bonds is 6. The zero-order chi connectivity index (χ0) is 15.4. The zero-order valence-corrected chi connectivity index (χ0v) is 11.3. The maximum atomic E-state index is 12.5. The summed E-state index contributed by atoms with van der Waals surface area (Å²) in [5.74, 6) is 0. The van der Waals surface area contributed by atoms with Crippen molar-refractivity contribution in [3.8, 4) is 0 Å². The van der Waals surface area contributed by atoms with Crippen molar-refractivity contribution >= 4 is 15.5 Å². The van der Waals surface area contributed by atoms with Gasteiger partial charge in [0, 0.05) is 13.7 Å². The van der Waals surface area contributed by atoms with Gasteiger partial charge in [0.2, 0.25) is 0 Å². The molecule has 0 aliphatic carbocycles. The summed E-state index contributed by atoms with van der Waals surface area (Å²) in [4.78, 5) is -0.878. The van der Waals surface area contributed by atoms with Crippen LogP contribution in [0, 0.1) is 0 Å². The zero-order valence-electron chi connectivity index (χ0n) is 10.5. The number of hydrogen-bond donors (Lipinski definition) is 2. The van der Waals surface area contributed by atoms with Gasteiger partial charge in [-0.15, -0.1) is 0 Å². The molecule has 0 spiro atoms. The predicted molar refractivity (Wildman–Crippen MR) is 66.1 cm³/mol. The van der Waals surface area contributed by atoms with Crippen molar-refractivity contribution in [2.75, 3.05) is 25.6 Å². The van der Waals surface area contributed by atoms with E-state index in [0.29, 0.717) is 0 Å². The lowest BCUT2D eigenvalue weighted by molar-refractivity contribution is -0.0435. The highest BCUT2D eigenvalue weighted by Gasteiger charge is 2.47. The first-order valence-electron chi connectivity index (χ1n) is 5.51. The molecule has 0 heterocycles. The van der Waals surface area contributed by atoms with Gasteiger partial charge in [0.25, 0.3) is 9.84 Å². The SMILES string of the molecule is COCC(O)CNc1ccccc1S(=O)(=O)C(F)(F)F. The number of para-hydroxylation sites is 1. The molecule has 0 radical (unpaired) electrons. The van der Waals surface area contributed by atoms with Crippen molar-refractivity contribution < 1.29 is 31.4 Å². The first kappa shape index (κ1) is 16.7. The standard InChI is InChI=1S/C11H14F3NO4S/c1-19-7-8(16)6-15-9-4-2-3-5-10(9)20(17,18)11(12,13)14/h2-5,8,15-16H,6-7H2,1H3. The summed E-state index contributed by atoms with van der Waals surface area (Å²) in [5, 5.41) is 11.9. The summed E-state index contributed by atoms with van der Waals surface area (Å²) < 4.78 is 65.0. The third-order valence-electron chi connectivity index (χ3n) is 2.37. The van der Waals surface area contributed by atoms with Crippen molar-refractivity contribution in [1.82, 2.24) is 0 Å².